The highest BCUT2D eigenvalue weighted by atomic mass is 127. The van der Waals surface area contributed by atoms with Gasteiger partial charge in [0.15, 0.2) is 0 Å². The summed E-state index contributed by atoms with van der Waals surface area (Å²) in [4.78, 5) is 4.74. The summed E-state index contributed by atoms with van der Waals surface area (Å²) in [5, 5.41) is 2.51. The molecule has 3 heteroatoms. The molecular formula is C17H11IN2. The Labute approximate surface area is 130 Å². The number of aromatic nitrogens is 2. The molecule has 0 aliphatic carbocycles. The van der Waals surface area contributed by atoms with Gasteiger partial charge in [-0.1, -0.05) is 42.5 Å². The summed E-state index contributed by atoms with van der Waals surface area (Å²) in [7, 11) is 0. The van der Waals surface area contributed by atoms with Crippen molar-refractivity contribution in [1.29, 1.82) is 0 Å². The highest BCUT2D eigenvalue weighted by molar-refractivity contribution is 14.1. The molecule has 0 unspecified atom stereocenters. The van der Waals surface area contributed by atoms with Crippen molar-refractivity contribution in [1.82, 2.24) is 9.38 Å². The van der Waals surface area contributed by atoms with E-state index in [-0.39, 0.29) is 0 Å². The maximum Gasteiger partial charge on any atom is 0.138 e. The minimum Gasteiger partial charge on any atom is -0.294 e. The fourth-order valence-electron chi connectivity index (χ4n) is 2.49. The van der Waals surface area contributed by atoms with E-state index in [0.717, 1.165) is 20.6 Å². The van der Waals surface area contributed by atoms with Crippen LogP contribution in [0.4, 0.5) is 0 Å². The van der Waals surface area contributed by atoms with Crippen molar-refractivity contribution in [3.63, 3.8) is 0 Å². The van der Waals surface area contributed by atoms with Crippen LogP contribution in [-0.4, -0.2) is 9.38 Å². The van der Waals surface area contributed by atoms with Crippen LogP contribution in [0.15, 0.2) is 66.9 Å². The van der Waals surface area contributed by atoms with Gasteiger partial charge in [0.1, 0.15) is 15.0 Å². The molecule has 20 heavy (non-hydrogen) atoms. The van der Waals surface area contributed by atoms with Crippen LogP contribution in [0.1, 0.15) is 0 Å². The predicted octanol–water partition coefficient (Wildman–Crippen LogP) is 4.76. The van der Waals surface area contributed by atoms with Crippen LogP contribution in [0.5, 0.6) is 0 Å². The molecule has 4 rings (SSSR count). The number of nitrogens with zero attached hydrogens (tertiary/aromatic N) is 2. The summed E-state index contributed by atoms with van der Waals surface area (Å²) >= 11 is 2.36. The van der Waals surface area contributed by atoms with Gasteiger partial charge >= 0.3 is 0 Å². The minimum absolute atomic E-state index is 0.986. The Balaban J connectivity index is 1.98. The van der Waals surface area contributed by atoms with Crippen molar-refractivity contribution in [3.05, 3.63) is 70.6 Å². The van der Waals surface area contributed by atoms with E-state index in [1.165, 1.54) is 10.8 Å². The first-order valence-corrected chi connectivity index (χ1v) is 7.52. The zero-order chi connectivity index (χ0) is 13.5. The SMILES string of the molecule is Ic1c(-c2ccc3ccccc3c2)nc2ccccn12. The van der Waals surface area contributed by atoms with Crippen LogP contribution in [0.2, 0.25) is 0 Å². The van der Waals surface area contributed by atoms with Gasteiger partial charge in [-0.25, -0.2) is 4.98 Å². The van der Waals surface area contributed by atoms with Crippen LogP contribution in [0, 0.1) is 3.70 Å². The van der Waals surface area contributed by atoms with Crippen molar-refractivity contribution in [2.45, 2.75) is 0 Å². The third kappa shape index (κ3) is 1.81. The van der Waals surface area contributed by atoms with E-state index in [1.807, 2.05) is 18.2 Å². The summed E-state index contributed by atoms with van der Waals surface area (Å²) < 4.78 is 3.26. The first-order valence-electron chi connectivity index (χ1n) is 6.45. The number of rotatable bonds is 1. The molecule has 2 nitrogen and oxygen atoms in total. The number of fused-ring (bicyclic) bond motifs is 2. The van der Waals surface area contributed by atoms with E-state index in [1.54, 1.807) is 0 Å². The topological polar surface area (TPSA) is 17.3 Å². The molecule has 2 aromatic carbocycles. The molecule has 0 aliphatic heterocycles. The quantitative estimate of drug-likeness (QED) is 0.442. The first-order chi connectivity index (χ1) is 9.83. The summed E-state index contributed by atoms with van der Waals surface area (Å²) in [6.07, 6.45) is 2.05. The van der Waals surface area contributed by atoms with Crippen molar-refractivity contribution < 1.29 is 0 Å². The zero-order valence-electron chi connectivity index (χ0n) is 10.6. The fourth-order valence-corrected chi connectivity index (χ4v) is 3.33. The normalized spacial score (nSPS) is 11.2. The number of benzene rings is 2. The summed E-state index contributed by atoms with van der Waals surface area (Å²) in [5.74, 6) is 0. The summed E-state index contributed by atoms with van der Waals surface area (Å²) in [5.41, 5.74) is 3.19. The Kier molecular flexibility index (Phi) is 2.73. The van der Waals surface area contributed by atoms with Gasteiger partial charge in [-0.2, -0.15) is 0 Å². The molecule has 0 saturated carbocycles. The van der Waals surface area contributed by atoms with Crippen LogP contribution in [-0.2, 0) is 0 Å². The van der Waals surface area contributed by atoms with Crippen LogP contribution < -0.4 is 0 Å². The molecule has 2 aromatic heterocycles. The van der Waals surface area contributed by atoms with E-state index < -0.39 is 0 Å². The monoisotopic (exact) mass is 370 g/mol. The molecular weight excluding hydrogens is 359 g/mol. The van der Waals surface area contributed by atoms with Gasteiger partial charge in [-0.3, -0.25) is 4.40 Å². The Bertz CT molecular complexity index is 924. The molecule has 0 spiro atoms. The second kappa shape index (κ2) is 4.59. The largest absolute Gasteiger partial charge is 0.294 e. The third-order valence-corrected chi connectivity index (χ3v) is 4.53. The van der Waals surface area contributed by atoms with Gasteiger partial charge in [-0.05, 0) is 51.6 Å². The van der Waals surface area contributed by atoms with Gasteiger partial charge in [0.05, 0.1) is 0 Å². The van der Waals surface area contributed by atoms with Crippen molar-refractivity contribution in [2.75, 3.05) is 0 Å². The van der Waals surface area contributed by atoms with E-state index >= 15 is 0 Å². The average molecular weight is 370 g/mol. The Morgan fingerprint density at radius 1 is 0.850 bits per heavy atom. The first kappa shape index (κ1) is 11.9. The van der Waals surface area contributed by atoms with Crippen LogP contribution >= 0.6 is 22.6 Å². The van der Waals surface area contributed by atoms with Crippen molar-refractivity contribution >= 4 is 39.0 Å². The molecule has 0 N–H and O–H groups in total. The highest BCUT2D eigenvalue weighted by Gasteiger charge is 2.11. The highest BCUT2D eigenvalue weighted by Crippen LogP contribution is 2.28. The molecule has 96 valence electrons. The standard InChI is InChI=1S/C17H11IN2/c18-17-16(19-15-7-3-4-10-20(15)17)14-9-8-12-5-1-2-6-13(12)11-14/h1-11H. The van der Waals surface area contributed by atoms with Gasteiger partial charge in [-0.15, -0.1) is 0 Å². The van der Waals surface area contributed by atoms with Crippen LogP contribution in [0.25, 0.3) is 27.7 Å². The molecule has 2 heterocycles. The van der Waals surface area contributed by atoms with Crippen LogP contribution in [0.3, 0.4) is 0 Å². The van der Waals surface area contributed by atoms with Crippen molar-refractivity contribution in [2.24, 2.45) is 0 Å². The summed E-state index contributed by atoms with van der Waals surface area (Å²) in [6, 6.07) is 21.0. The second-order valence-corrected chi connectivity index (χ2v) is 5.76. The van der Waals surface area contributed by atoms with E-state index in [2.05, 4.69) is 75.7 Å². The lowest BCUT2D eigenvalue weighted by Gasteiger charge is -2.02. The number of hydrogen-bond donors (Lipinski definition) is 0. The molecule has 0 fully saturated rings. The molecule has 0 amide bonds. The Morgan fingerprint density at radius 2 is 1.65 bits per heavy atom. The molecule has 0 atom stereocenters. The average Bonchev–Trinajstić information content (AvgIpc) is 2.84. The smallest absolute Gasteiger partial charge is 0.138 e. The lowest BCUT2D eigenvalue weighted by molar-refractivity contribution is 1.15. The van der Waals surface area contributed by atoms with E-state index in [4.69, 9.17) is 4.98 Å². The lowest BCUT2D eigenvalue weighted by atomic mass is 10.1. The van der Waals surface area contributed by atoms with Gasteiger partial charge in [0.25, 0.3) is 0 Å². The number of pyridine rings is 1. The van der Waals surface area contributed by atoms with E-state index in [0.29, 0.717) is 0 Å². The van der Waals surface area contributed by atoms with Gasteiger partial charge in [0, 0.05) is 11.8 Å². The van der Waals surface area contributed by atoms with Crippen molar-refractivity contribution in [3.8, 4) is 11.3 Å². The lowest BCUT2D eigenvalue weighted by Crippen LogP contribution is -1.86. The second-order valence-electron chi connectivity index (χ2n) is 4.74. The number of halogens is 1. The zero-order valence-corrected chi connectivity index (χ0v) is 12.8. The Hall–Kier alpha value is -1.88. The molecule has 0 saturated heterocycles. The van der Waals surface area contributed by atoms with Gasteiger partial charge < -0.3 is 0 Å². The molecule has 0 radical (unpaired) electrons. The molecule has 0 aliphatic rings. The minimum atomic E-state index is 0.986. The fraction of sp³-hybridized carbons (Fsp3) is 0. The summed E-state index contributed by atoms with van der Waals surface area (Å²) in [6.45, 7) is 0. The number of imidazole rings is 1. The van der Waals surface area contributed by atoms with Gasteiger partial charge in [0.2, 0.25) is 0 Å². The maximum absolute atomic E-state index is 4.74. The third-order valence-electron chi connectivity index (χ3n) is 3.49. The van der Waals surface area contributed by atoms with E-state index in [9.17, 15) is 0 Å². The number of hydrogen-bond acceptors (Lipinski definition) is 1. The molecule has 0 bridgehead atoms. The molecule has 4 aromatic rings. The maximum atomic E-state index is 4.74. The predicted molar refractivity (Wildman–Crippen MR) is 90.9 cm³/mol. The Morgan fingerprint density at radius 3 is 2.50 bits per heavy atom.